The van der Waals surface area contributed by atoms with E-state index >= 15 is 0 Å². The van der Waals surface area contributed by atoms with Gasteiger partial charge in [-0.05, 0) is 37.3 Å². The first-order valence-corrected chi connectivity index (χ1v) is 7.12. The maximum absolute atomic E-state index is 6.15. The lowest BCUT2D eigenvalue weighted by molar-refractivity contribution is 0.280. The van der Waals surface area contributed by atoms with Gasteiger partial charge in [-0.15, -0.1) is 0 Å². The van der Waals surface area contributed by atoms with Crippen molar-refractivity contribution < 1.29 is 0 Å². The van der Waals surface area contributed by atoms with Crippen molar-refractivity contribution in [1.29, 1.82) is 0 Å². The Labute approximate surface area is 110 Å². The molecule has 0 radical (unpaired) electrons. The van der Waals surface area contributed by atoms with E-state index in [1.165, 1.54) is 37.7 Å². The van der Waals surface area contributed by atoms with Crippen LogP contribution in [0.2, 0.25) is 5.02 Å². The Morgan fingerprint density at radius 2 is 1.94 bits per heavy atom. The van der Waals surface area contributed by atoms with Gasteiger partial charge in [0.25, 0.3) is 0 Å². The van der Waals surface area contributed by atoms with Crippen molar-refractivity contribution in [2.24, 2.45) is 5.92 Å². The first kappa shape index (κ1) is 12.9. The minimum atomic E-state index is 0.603. The molecule has 94 valence electrons. The van der Waals surface area contributed by atoms with Gasteiger partial charge in [0.2, 0.25) is 0 Å². The molecule has 0 saturated heterocycles. The number of hydrogen-bond donors (Lipinski definition) is 1. The molecule has 0 spiro atoms. The van der Waals surface area contributed by atoms with Crippen molar-refractivity contribution in [2.45, 2.75) is 51.6 Å². The van der Waals surface area contributed by atoms with Crippen LogP contribution in [0.15, 0.2) is 24.3 Å². The monoisotopic (exact) mass is 251 g/mol. The predicted molar refractivity (Wildman–Crippen MR) is 74.3 cm³/mol. The zero-order chi connectivity index (χ0) is 12.1. The standard InChI is InChI=1S/C15H22ClN/c1-12(13-7-3-2-4-8-13)17-11-14-9-5-6-10-15(14)16/h5-6,9-10,12-13,17H,2-4,7-8,11H2,1H3. The highest BCUT2D eigenvalue weighted by atomic mass is 35.5. The van der Waals surface area contributed by atoms with Crippen LogP contribution >= 0.6 is 11.6 Å². The maximum atomic E-state index is 6.15. The average Bonchev–Trinajstić information content (AvgIpc) is 2.38. The lowest BCUT2D eigenvalue weighted by Crippen LogP contribution is -2.34. The normalized spacial score (nSPS) is 19.2. The van der Waals surface area contributed by atoms with Gasteiger partial charge in [0.15, 0.2) is 0 Å². The highest BCUT2D eigenvalue weighted by Gasteiger charge is 2.19. The van der Waals surface area contributed by atoms with Crippen LogP contribution in [0, 0.1) is 5.92 Å². The van der Waals surface area contributed by atoms with E-state index in [-0.39, 0.29) is 0 Å². The summed E-state index contributed by atoms with van der Waals surface area (Å²) in [5.41, 5.74) is 1.21. The molecule has 0 aliphatic heterocycles. The van der Waals surface area contributed by atoms with E-state index in [4.69, 9.17) is 11.6 Å². The van der Waals surface area contributed by atoms with Crippen LogP contribution in [0.1, 0.15) is 44.6 Å². The fourth-order valence-corrected chi connectivity index (χ4v) is 2.92. The van der Waals surface area contributed by atoms with Crippen LogP contribution in [0.5, 0.6) is 0 Å². The van der Waals surface area contributed by atoms with Crippen LogP contribution in [-0.2, 0) is 6.54 Å². The van der Waals surface area contributed by atoms with Crippen LogP contribution in [0.4, 0.5) is 0 Å². The van der Waals surface area contributed by atoms with Gasteiger partial charge in [0.1, 0.15) is 0 Å². The molecule has 1 unspecified atom stereocenters. The van der Waals surface area contributed by atoms with E-state index in [9.17, 15) is 0 Å². The van der Waals surface area contributed by atoms with Gasteiger partial charge in [-0.2, -0.15) is 0 Å². The summed E-state index contributed by atoms with van der Waals surface area (Å²) in [7, 11) is 0. The fraction of sp³-hybridized carbons (Fsp3) is 0.600. The average molecular weight is 252 g/mol. The Hall–Kier alpha value is -0.530. The number of halogens is 1. The van der Waals surface area contributed by atoms with Crippen LogP contribution in [0.3, 0.4) is 0 Å². The summed E-state index contributed by atoms with van der Waals surface area (Å²) in [5, 5.41) is 4.50. The zero-order valence-corrected chi connectivity index (χ0v) is 11.3. The van der Waals surface area contributed by atoms with Crippen LogP contribution < -0.4 is 5.32 Å². The molecular formula is C15H22ClN. The van der Waals surface area contributed by atoms with Gasteiger partial charge < -0.3 is 5.32 Å². The molecule has 1 saturated carbocycles. The maximum Gasteiger partial charge on any atom is 0.0450 e. The van der Waals surface area contributed by atoms with Gasteiger partial charge in [-0.1, -0.05) is 49.1 Å². The highest BCUT2D eigenvalue weighted by Crippen LogP contribution is 2.26. The Bertz CT molecular complexity index is 345. The fourth-order valence-electron chi connectivity index (χ4n) is 2.71. The molecule has 2 heteroatoms. The molecule has 1 fully saturated rings. The van der Waals surface area contributed by atoms with E-state index in [1.54, 1.807) is 0 Å². The Balaban J connectivity index is 1.83. The van der Waals surface area contributed by atoms with Gasteiger partial charge in [-0.3, -0.25) is 0 Å². The zero-order valence-electron chi connectivity index (χ0n) is 10.6. The molecule has 2 rings (SSSR count). The second-order valence-corrected chi connectivity index (χ2v) is 5.57. The van der Waals surface area contributed by atoms with E-state index in [0.717, 1.165) is 17.5 Å². The van der Waals surface area contributed by atoms with Crippen molar-refractivity contribution in [2.75, 3.05) is 0 Å². The van der Waals surface area contributed by atoms with Gasteiger partial charge in [-0.25, -0.2) is 0 Å². The first-order chi connectivity index (χ1) is 8.27. The van der Waals surface area contributed by atoms with Crippen molar-refractivity contribution in [1.82, 2.24) is 5.32 Å². The summed E-state index contributed by atoms with van der Waals surface area (Å²) in [6.45, 7) is 3.20. The van der Waals surface area contributed by atoms with Crippen LogP contribution in [-0.4, -0.2) is 6.04 Å². The number of rotatable bonds is 4. The molecular weight excluding hydrogens is 230 g/mol. The van der Waals surface area contributed by atoms with Crippen molar-refractivity contribution >= 4 is 11.6 Å². The molecule has 0 amide bonds. The molecule has 0 bridgehead atoms. The minimum Gasteiger partial charge on any atom is -0.310 e. The molecule has 1 atom stereocenters. The highest BCUT2D eigenvalue weighted by molar-refractivity contribution is 6.31. The Kier molecular flexibility index (Phi) is 4.87. The molecule has 1 N–H and O–H groups in total. The summed E-state index contributed by atoms with van der Waals surface area (Å²) in [6.07, 6.45) is 7.01. The summed E-state index contributed by atoms with van der Waals surface area (Å²) < 4.78 is 0. The quantitative estimate of drug-likeness (QED) is 0.837. The van der Waals surface area contributed by atoms with Gasteiger partial charge in [0.05, 0.1) is 0 Å². The third-order valence-electron chi connectivity index (χ3n) is 3.93. The molecule has 1 aromatic carbocycles. The second-order valence-electron chi connectivity index (χ2n) is 5.16. The Morgan fingerprint density at radius 1 is 1.24 bits per heavy atom. The van der Waals surface area contributed by atoms with E-state index in [2.05, 4.69) is 18.3 Å². The third-order valence-corrected chi connectivity index (χ3v) is 4.30. The molecule has 1 aliphatic rings. The predicted octanol–water partition coefficient (Wildman–Crippen LogP) is 4.40. The lowest BCUT2D eigenvalue weighted by atomic mass is 9.84. The van der Waals surface area contributed by atoms with Crippen molar-refractivity contribution in [3.63, 3.8) is 0 Å². The summed E-state index contributed by atoms with van der Waals surface area (Å²) in [4.78, 5) is 0. The summed E-state index contributed by atoms with van der Waals surface area (Å²) in [6, 6.07) is 8.70. The van der Waals surface area contributed by atoms with E-state index in [0.29, 0.717) is 6.04 Å². The van der Waals surface area contributed by atoms with E-state index < -0.39 is 0 Å². The smallest absolute Gasteiger partial charge is 0.0450 e. The van der Waals surface area contributed by atoms with Crippen molar-refractivity contribution in [3.05, 3.63) is 34.9 Å². The molecule has 17 heavy (non-hydrogen) atoms. The van der Waals surface area contributed by atoms with E-state index in [1.807, 2.05) is 18.2 Å². The van der Waals surface area contributed by atoms with Gasteiger partial charge >= 0.3 is 0 Å². The second kappa shape index (κ2) is 6.42. The number of hydrogen-bond acceptors (Lipinski definition) is 1. The topological polar surface area (TPSA) is 12.0 Å². The Morgan fingerprint density at radius 3 is 2.65 bits per heavy atom. The third kappa shape index (κ3) is 3.72. The molecule has 1 nitrogen and oxygen atoms in total. The molecule has 0 heterocycles. The lowest BCUT2D eigenvalue weighted by Gasteiger charge is -2.28. The molecule has 0 aromatic heterocycles. The SMILES string of the molecule is CC(NCc1ccccc1Cl)C1CCCCC1. The largest absolute Gasteiger partial charge is 0.310 e. The molecule has 1 aromatic rings. The van der Waals surface area contributed by atoms with Crippen LogP contribution in [0.25, 0.3) is 0 Å². The summed E-state index contributed by atoms with van der Waals surface area (Å²) >= 11 is 6.15. The minimum absolute atomic E-state index is 0.603. The number of benzene rings is 1. The first-order valence-electron chi connectivity index (χ1n) is 6.74. The molecule has 1 aliphatic carbocycles. The van der Waals surface area contributed by atoms with Gasteiger partial charge in [0, 0.05) is 17.6 Å². The van der Waals surface area contributed by atoms with Crippen molar-refractivity contribution in [3.8, 4) is 0 Å². The number of nitrogens with one attached hydrogen (secondary N) is 1. The summed E-state index contributed by atoms with van der Waals surface area (Å²) in [5.74, 6) is 0.853.